The number of nitrogens with zero attached hydrogens (tertiary/aromatic N) is 3. The number of alkyl halides is 3. The van der Waals surface area contributed by atoms with Gasteiger partial charge in [-0.1, -0.05) is 16.8 Å². The predicted molar refractivity (Wildman–Crippen MR) is 78.8 cm³/mol. The summed E-state index contributed by atoms with van der Waals surface area (Å²) in [6.07, 6.45) is -3.93. The highest BCUT2D eigenvalue weighted by Crippen LogP contribution is 2.33. The van der Waals surface area contributed by atoms with E-state index in [0.717, 1.165) is 18.2 Å². The smallest absolute Gasteiger partial charge is 0.339 e. The standard InChI is InChI=1S/C15H13ClF3N3O2/c1-8-20-13(24-21-8)9-4-5-22(7-9)14(23)11-6-10(15(17,18)19)2-3-12(11)16/h2-3,6,9H,4-5,7H2,1H3/t9-/m1/s1. The van der Waals surface area contributed by atoms with Crippen LogP contribution < -0.4 is 0 Å². The molecule has 0 bridgehead atoms. The Morgan fingerprint density at radius 1 is 1.42 bits per heavy atom. The second kappa shape index (κ2) is 6.08. The van der Waals surface area contributed by atoms with Gasteiger partial charge in [0, 0.05) is 13.1 Å². The van der Waals surface area contributed by atoms with Gasteiger partial charge >= 0.3 is 6.18 Å². The molecular weight excluding hydrogens is 347 g/mol. The van der Waals surface area contributed by atoms with E-state index < -0.39 is 17.6 Å². The molecule has 2 aromatic rings. The summed E-state index contributed by atoms with van der Waals surface area (Å²) in [6.45, 7) is 2.37. The fraction of sp³-hybridized carbons (Fsp3) is 0.400. The average molecular weight is 360 g/mol. The van der Waals surface area contributed by atoms with E-state index in [9.17, 15) is 18.0 Å². The molecular formula is C15H13ClF3N3O2. The number of rotatable bonds is 2. The third-order valence-electron chi connectivity index (χ3n) is 3.89. The van der Waals surface area contributed by atoms with Crippen LogP contribution in [-0.4, -0.2) is 34.0 Å². The second-order valence-corrected chi connectivity index (χ2v) is 6.02. The number of carbonyl (C=O) groups is 1. The summed E-state index contributed by atoms with van der Waals surface area (Å²) in [5.41, 5.74) is -1.06. The molecule has 3 rings (SSSR count). The molecule has 0 aliphatic carbocycles. The van der Waals surface area contributed by atoms with Gasteiger partial charge in [0.2, 0.25) is 5.89 Å². The highest BCUT2D eigenvalue weighted by Gasteiger charge is 2.35. The Balaban J connectivity index is 1.80. The van der Waals surface area contributed by atoms with Crippen molar-refractivity contribution in [2.24, 2.45) is 0 Å². The van der Waals surface area contributed by atoms with Gasteiger partial charge < -0.3 is 9.42 Å². The molecule has 2 heterocycles. The number of benzene rings is 1. The molecule has 1 atom stereocenters. The number of hydrogen-bond acceptors (Lipinski definition) is 4. The Hall–Kier alpha value is -2.09. The number of likely N-dealkylation sites (tertiary alicyclic amines) is 1. The Morgan fingerprint density at radius 3 is 2.79 bits per heavy atom. The first-order valence-electron chi connectivity index (χ1n) is 7.22. The van der Waals surface area contributed by atoms with Gasteiger partial charge in [-0.3, -0.25) is 4.79 Å². The molecule has 24 heavy (non-hydrogen) atoms. The van der Waals surface area contributed by atoms with Crippen LogP contribution in [0.1, 0.15) is 40.0 Å². The van der Waals surface area contributed by atoms with Gasteiger partial charge in [0.25, 0.3) is 5.91 Å². The van der Waals surface area contributed by atoms with Gasteiger partial charge in [-0.25, -0.2) is 0 Å². The number of aromatic nitrogens is 2. The van der Waals surface area contributed by atoms with Crippen LogP contribution in [0.3, 0.4) is 0 Å². The van der Waals surface area contributed by atoms with Crippen LogP contribution in [0, 0.1) is 6.92 Å². The van der Waals surface area contributed by atoms with Crippen molar-refractivity contribution in [2.45, 2.75) is 25.4 Å². The largest absolute Gasteiger partial charge is 0.416 e. The average Bonchev–Trinajstić information content (AvgIpc) is 3.14. The fourth-order valence-electron chi connectivity index (χ4n) is 2.66. The Bertz CT molecular complexity index is 776. The van der Waals surface area contributed by atoms with Crippen molar-refractivity contribution in [3.8, 4) is 0 Å². The Labute approximate surface area is 140 Å². The van der Waals surface area contributed by atoms with Crippen LogP contribution >= 0.6 is 11.6 Å². The van der Waals surface area contributed by atoms with E-state index in [1.165, 1.54) is 4.90 Å². The van der Waals surface area contributed by atoms with Crippen molar-refractivity contribution < 1.29 is 22.5 Å². The van der Waals surface area contributed by atoms with Crippen LogP contribution in [-0.2, 0) is 6.18 Å². The molecule has 0 spiro atoms. The predicted octanol–water partition coefficient (Wildman–Crippen LogP) is 3.68. The van der Waals surface area contributed by atoms with Crippen molar-refractivity contribution in [2.75, 3.05) is 13.1 Å². The van der Waals surface area contributed by atoms with E-state index in [1.54, 1.807) is 6.92 Å². The van der Waals surface area contributed by atoms with Gasteiger partial charge in [0.05, 0.1) is 22.1 Å². The lowest BCUT2D eigenvalue weighted by Gasteiger charge is -2.18. The fourth-order valence-corrected chi connectivity index (χ4v) is 2.86. The highest BCUT2D eigenvalue weighted by molar-refractivity contribution is 6.33. The van der Waals surface area contributed by atoms with Gasteiger partial charge in [-0.15, -0.1) is 0 Å². The van der Waals surface area contributed by atoms with Crippen LogP contribution in [0.2, 0.25) is 5.02 Å². The first-order chi connectivity index (χ1) is 11.3. The Kier molecular flexibility index (Phi) is 4.25. The van der Waals surface area contributed by atoms with E-state index in [-0.39, 0.29) is 16.5 Å². The van der Waals surface area contributed by atoms with Gasteiger partial charge in [0.1, 0.15) is 0 Å². The van der Waals surface area contributed by atoms with Crippen molar-refractivity contribution in [3.63, 3.8) is 0 Å². The van der Waals surface area contributed by atoms with E-state index in [4.69, 9.17) is 16.1 Å². The van der Waals surface area contributed by atoms with E-state index >= 15 is 0 Å². The minimum absolute atomic E-state index is 0.00918. The third kappa shape index (κ3) is 3.24. The minimum Gasteiger partial charge on any atom is -0.339 e. The van der Waals surface area contributed by atoms with Crippen molar-refractivity contribution >= 4 is 17.5 Å². The first kappa shape index (κ1) is 16.8. The molecule has 128 valence electrons. The van der Waals surface area contributed by atoms with Crippen molar-refractivity contribution in [1.29, 1.82) is 0 Å². The van der Waals surface area contributed by atoms with E-state index in [2.05, 4.69) is 10.1 Å². The molecule has 9 heteroatoms. The van der Waals surface area contributed by atoms with Gasteiger partial charge in [0.15, 0.2) is 5.82 Å². The summed E-state index contributed by atoms with van der Waals surface area (Å²) in [7, 11) is 0. The maximum absolute atomic E-state index is 12.8. The molecule has 1 aliphatic heterocycles. The maximum Gasteiger partial charge on any atom is 0.416 e. The molecule has 0 unspecified atom stereocenters. The topological polar surface area (TPSA) is 59.2 Å². The molecule has 5 nitrogen and oxygen atoms in total. The molecule has 1 fully saturated rings. The van der Waals surface area contributed by atoms with Gasteiger partial charge in [-0.2, -0.15) is 18.2 Å². The molecule has 1 aromatic heterocycles. The highest BCUT2D eigenvalue weighted by atomic mass is 35.5. The molecule has 1 amide bonds. The summed E-state index contributed by atoms with van der Waals surface area (Å²) >= 11 is 5.92. The molecule has 0 radical (unpaired) electrons. The number of aryl methyl sites for hydroxylation is 1. The monoisotopic (exact) mass is 359 g/mol. The molecule has 1 aromatic carbocycles. The summed E-state index contributed by atoms with van der Waals surface area (Å²) in [6, 6.07) is 2.73. The third-order valence-corrected chi connectivity index (χ3v) is 4.22. The summed E-state index contributed by atoms with van der Waals surface area (Å²) in [4.78, 5) is 18.1. The first-order valence-corrected chi connectivity index (χ1v) is 7.59. The SMILES string of the molecule is Cc1noc([C@@H]2CCN(C(=O)c3cc(C(F)(F)F)ccc3Cl)C2)n1. The van der Waals surface area contributed by atoms with Crippen LogP contribution in [0.15, 0.2) is 22.7 Å². The van der Waals surface area contributed by atoms with Crippen LogP contribution in [0.5, 0.6) is 0 Å². The van der Waals surface area contributed by atoms with E-state index in [1.807, 2.05) is 0 Å². The number of hydrogen-bond donors (Lipinski definition) is 0. The minimum atomic E-state index is -4.53. The molecule has 1 saturated heterocycles. The number of halogens is 4. The number of amides is 1. The van der Waals surface area contributed by atoms with Crippen LogP contribution in [0.25, 0.3) is 0 Å². The van der Waals surface area contributed by atoms with Crippen molar-refractivity contribution in [3.05, 3.63) is 46.1 Å². The van der Waals surface area contributed by atoms with Crippen molar-refractivity contribution in [1.82, 2.24) is 15.0 Å². The Morgan fingerprint density at radius 2 is 2.17 bits per heavy atom. The molecule has 1 aliphatic rings. The van der Waals surface area contributed by atoms with Crippen LogP contribution in [0.4, 0.5) is 13.2 Å². The van der Waals surface area contributed by atoms with Gasteiger partial charge in [-0.05, 0) is 31.5 Å². The zero-order chi connectivity index (χ0) is 17.5. The normalized spacial score (nSPS) is 18.2. The quantitative estimate of drug-likeness (QED) is 0.820. The number of carbonyl (C=O) groups excluding carboxylic acids is 1. The summed E-state index contributed by atoms with van der Waals surface area (Å²) < 4.78 is 43.6. The lowest BCUT2D eigenvalue weighted by atomic mass is 10.1. The lowest BCUT2D eigenvalue weighted by molar-refractivity contribution is -0.137. The molecule has 0 saturated carbocycles. The summed E-state index contributed by atoms with van der Waals surface area (Å²) in [5, 5.41) is 3.70. The molecule has 0 N–H and O–H groups in total. The lowest BCUT2D eigenvalue weighted by Crippen LogP contribution is -2.29. The zero-order valence-electron chi connectivity index (χ0n) is 12.6. The zero-order valence-corrected chi connectivity index (χ0v) is 13.4. The maximum atomic E-state index is 12.8. The summed E-state index contributed by atoms with van der Waals surface area (Å²) in [5.74, 6) is 0.262. The second-order valence-electron chi connectivity index (χ2n) is 5.61. The van der Waals surface area contributed by atoms with E-state index in [0.29, 0.717) is 31.2 Å².